The van der Waals surface area contributed by atoms with Crippen LogP contribution in [0.3, 0.4) is 0 Å². The Morgan fingerprint density at radius 2 is 1.77 bits per heavy atom. The molecule has 0 radical (unpaired) electrons. The van der Waals surface area contributed by atoms with E-state index in [4.69, 9.17) is 5.73 Å². The van der Waals surface area contributed by atoms with E-state index in [0.717, 1.165) is 5.56 Å². The van der Waals surface area contributed by atoms with Crippen molar-refractivity contribution in [2.24, 2.45) is 11.1 Å². The largest absolute Gasteiger partial charge is 0.352 e. The molecule has 0 saturated carbocycles. The van der Waals surface area contributed by atoms with Gasteiger partial charge in [0.15, 0.2) is 0 Å². The highest BCUT2D eigenvalue weighted by atomic mass is 35.5. The molecule has 144 valence electrons. The fraction of sp³-hybridized carbons (Fsp3) is 0.500. The summed E-state index contributed by atoms with van der Waals surface area (Å²) in [4.78, 5) is 35.8. The van der Waals surface area contributed by atoms with Gasteiger partial charge in [0, 0.05) is 13.1 Å². The van der Waals surface area contributed by atoms with Crippen LogP contribution in [0.25, 0.3) is 0 Å². The predicted octanol–water partition coefficient (Wildman–Crippen LogP) is 1.54. The summed E-state index contributed by atoms with van der Waals surface area (Å²) in [7, 11) is 0. The highest BCUT2D eigenvalue weighted by Crippen LogP contribution is 2.26. The molecule has 26 heavy (non-hydrogen) atoms. The third-order valence-electron chi connectivity index (χ3n) is 5.26. The number of carbonyl (C=O) groups is 3. The lowest BCUT2D eigenvalue weighted by molar-refractivity contribution is -0.131. The molecule has 5 N–H and O–H groups in total. The van der Waals surface area contributed by atoms with Crippen LogP contribution in [0.4, 0.5) is 4.79 Å². The maximum Gasteiger partial charge on any atom is 0.322 e. The summed E-state index contributed by atoms with van der Waals surface area (Å²) in [5.41, 5.74) is 5.79. The van der Waals surface area contributed by atoms with Gasteiger partial charge in [-0.3, -0.25) is 14.9 Å². The fourth-order valence-corrected chi connectivity index (χ4v) is 3.02. The predicted molar refractivity (Wildman–Crippen MR) is 102 cm³/mol. The number of nitrogens with one attached hydrogen (secondary N) is 3. The van der Waals surface area contributed by atoms with E-state index in [0.29, 0.717) is 31.5 Å². The average molecular weight is 383 g/mol. The molecule has 0 aromatic heterocycles. The molecular weight excluding hydrogens is 356 g/mol. The van der Waals surface area contributed by atoms with Crippen molar-refractivity contribution in [2.45, 2.75) is 45.7 Å². The molecule has 4 amide bonds. The minimum absolute atomic E-state index is 0. The van der Waals surface area contributed by atoms with E-state index in [1.807, 2.05) is 26.0 Å². The Morgan fingerprint density at radius 3 is 2.19 bits per heavy atom. The Labute approximate surface area is 159 Å². The van der Waals surface area contributed by atoms with Crippen molar-refractivity contribution in [3.05, 3.63) is 35.4 Å². The maximum absolute atomic E-state index is 12.4. The molecule has 7 nitrogen and oxygen atoms in total. The third kappa shape index (κ3) is 3.99. The van der Waals surface area contributed by atoms with Crippen molar-refractivity contribution >= 4 is 30.3 Å². The van der Waals surface area contributed by atoms with Crippen molar-refractivity contribution in [2.75, 3.05) is 6.54 Å². The van der Waals surface area contributed by atoms with Gasteiger partial charge in [-0.2, -0.15) is 0 Å². The van der Waals surface area contributed by atoms with Gasteiger partial charge in [-0.15, -0.1) is 12.4 Å². The highest BCUT2D eigenvalue weighted by Gasteiger charge is 2.43. The second-order valence-electron chi connectivity index (χ2n) is 6.60. The topological polar surface area (TPSA) is 113 Å². The molecule has 1 aliphatic heterocycles. The molecule has 1 aromatic carbocycles. The summed E-state index contributed by atoms with van der Waals surface area (Å²) < 4.78 is 0. The van der Waals surface area contributed by atoms with Crippen molar-refractivity contribution < 1.29 is 14.4 Å². The summed E-state index contributed by atoms with van der Waals surface area (Å²) in [5.74, 6) is -0.421. The Kier molecular flexibility index (Phi) is 7.17. The van der Waals surface area contributed by atoms with Gasteiger partial charge in [0.05, 0.1) is 5.41 Å². The van der Waals surface area contributed by atoms with E-state index < -0.39 is 17.0 Å². The normalized spacial score (nSPS) is 19.4. The molecule has 1 heterocycles. The quantitative estimate of drug-likeness (QED) is 0.535. The number of halogens is 1. The van der Waals surface area contributed by atoms with Crippen molar-refractivity contribution in [3.8, 4) is 0 Å². The van der Waals surface area contributed by atoms with Gasteiger partial charge < -0.3 is 16.4 Å². The number of carbonyl (C=O) groups excluding carboxylic acids is 3. The standard InChI is InChI=1S/C18H26N4O3.ClH/c1-4-18(5-2,11-19)15(24)20-10-12-6-8-13(9-7-12)17(3)14(23)21-16(25)22-17;/h6-9H,4-5,10-11,19H2,1-3H3,(H,20,24)(H2,21,22,23,25);1H. The zero-order valence-electron chi connectivity index (χ0n) is 15.3. The van der Waals surface area contributed by atoms with Gasteiger partial charge in [0.1, 0.15) is 5.54 Å². The Bertz CT molecular complexity index is 665. The molecule has 0 bridgehead atoms. The van der Waals surface area contributed by atoms with Crippen LogP contribution in [0.2, 0.25) is 0 Å². The summed E-state index contributed by atoms with van der Waals surface area (Å²) in [6.07, 6.45) is 1.38. The lowest BCUT2D eigenvalue weighted by Gasteiger charge is -2.28. The molecule has 1 unspecified atom stereocenters. The van der Waals surface area contributed by atoms with Gasteiger partial charge in [0.2, 0.25) is 5.91 Å². The van der Waals surface area contributed by atoms with Crippen LogP contribution in [0.1, 0.15) is 44.7 Å². The number of nitrogens with two attached hydrogens (primary N) is 1. The number of rotatable bonds is 7. The van der Waals surface area contributed by atoms with Crippen LogP contribution in [-0.4, -0.2) is 24.4 Å². The molecule has 0 spiro atoms. The van der Waals surface area contributed by atoms with Gasteiger partial charge in [-0.05, 0) is 30.9 Å². The molecule has 1 aliphatic rings. The SMILES string of the molecule is CCC(CC)(CN)C(=O)NCc1ccc(C2(C)NC(=O)NC2=O)cc1.Cl. The van der Waals surface area contributed by atoms with E-state index in [2.05, 4.69) is 16.0 Å². The molecular formula is C18H27ClN4O3. The van der Waals surface area contributed by atoms with E-state index in [-0.39, 0.29) is 24.2 Å². The summed E-state index contributed by atoms with van der Waals surface area (Å²) in [5, 5.41) is 7.80. The minimum Gasteiger partial charge on any atom is -0.352 e. The van der Waals surface area contributed by atoms with Gasteiger partial charge >= 0.3 is 6.03 Å². The van der Waals surface area contributed by atoms with Crippen molar-refractivity contribution in [1.82, 2.24) is 16.0 Å². The van der Waals surface area contributed by atoms with Crippen molar-refractivity contribution in [1.29, 1.82) is 0 Å². The van der Waals surface area contributed by atoms with Crippen LogP contribution in [0, 0.1) is 5.41 Å². The Balaban J connectivity index is 0.00000338. The number of urea groups is 1. The summed E-state index contributed by atoms with van der Waals surface area (Å²) in [6.45, 7) is 6.29. The van der Waals surface area contributed by atoms with E-state index in [1.54, 1.807) is 19.1 Å². The minimum atomic E-state index is -1.07. The molecule has 8 heteroatoms. The first kappa shape index (κ1) is 21.9. The van der Waals surface area contributed by atoms with Crippen molar-refractivity contribution in [3.63, 3.8) is 0 Å². The Morgan fingerprint density at radius 1 is 1.19 bits per heavy atom. The van der Waals surface area contributed by atoms with Crippen LogP contribution >= 0.6 is 12.4 Å². The first-order valence-corrected chi connectivity index (χ1v) is 8.52. The van der Waals surface area contributed by atoms with Gasteiger partial charge in [-0.25, -0.2) is 4.79 Å². The smallest absolute Gasteiger partial charge is 0.322 e. The number of imide groups is 1. The van der Waals surface area contributed by atoms with Crippen LogP contribution in [0.5, 0.6) is 0 Å². The summed E-state index contributed by atoms with van der Waals surface area (Å²) >= 11 is 0. The first-order chi connectivity index (χ1) is 11.8. The second-order valence-corrected chi connectivity index (χ2v) is 6.60. The average Bonchev–Trinajstić information content (AvgIpc) is 2.88. The molecule has 2 rings (SSSR count). The number of hydrogen-bond acceptors (Lipinski definition) is 4. The van der Waals surface area contributed by atoms with E-state index >= 15 is 0 Å². The highest BCUT2D eigenvalue weighted by molar-refractivity contribution is 6.07. The Hall–Kier alpha value is -2.12. The zero-order chi connectivity index (χ0) is 18.7. The molecule has 1 saturated heterocycles. The van der Waals surface area contributed by atoms with Crippen LogP contribution < -0.4 is 21.7 Å². The molecule has 1 atom stereocenters. The third-order valence-corrected chi connectivity index (χ3v) is 5.26. The van der Waals surface area contributed by atoms with Gasteiger partial charge in [0.25, 0.3) is 5.91 Å². The van der Waals surface area contributed by atoms with Crippen LogP contribution in [0.15, 0.2) is 24.3 Å². The molecule has 0 aliphatic carbocycles. The zero-order valence-corrected chi connectivity index (χ0v) is 16.2. The molecule has 1 aromatic rings. The lowest BCUT2D eigenvalue weighted by atomic mass is 9.81. The number of benzene rings is 1. The number of hydrogen-bond donors (Lipinski definition) is 4. The molecule has 1 fully saturated rings. The van der Waals surface area contributed by atoms with Crippen LogP contribution in [-0.2, 0) is 21.7 Å². The monoisotopic (exact) mass is 382 g/mol. The number of amides is 4. The van der Waals surface area contributed by atoms with E-state index in [1.165, 1.54) is 0 Å². The lowest BCUT2D eigenvalue weighted by Crippen LogP contribution is -2.45. The van der Waals surface area contributed by atoms with Gasteiger partial charge in [-0.1, -0.05) is 38.1 Å². The fourth-order valence-electron chi connectivity index (χ4n) is 3.02. The maximum atomic E-state index is 12.4. The first-order valence-electron chi connectivity index (χ1n) is 8.52. The summed E-state index contributed by atoms with van der Waals surface area (Å²) in [6, 6.07) is 6.73. The van der Waals surface area contributed by atoms with E-state index in [9.17, 15) is 14.4 Å². The second kappa shape index (κ2) is 8.51.